The lowest BCUT2D eigenvalue weighted by Crippen LogP contribution is -2.39. The van der Waals surface area contributed by atoms with Gasteiger partial charge in [-0.2, -0.15) is 0 Å². The van der Waals surface area contributed by atoms with E-state index in [1.54, 1.807) is 31.9 Å². The molecule has 0 spiro atoms. The summed E-state index contributed by atoms with van der Waals surface area (Å²) in [5, 5.41) is 10.5. The van der Waals surface area contributed by atoms with Crippen molar-refractivity contribution in [2.75, 3.05) is 13.1 Å². The summed E-state index contributed by atoms with van der Waals surface area (Å²) in [6.07, 6.45) is 21.6. The van der Waals surface area contributed by atoms with Gasteiger partial charge in [0.25, 0.3) is 5.56 Å². The van der Waals surface area contributed by atoms with E-state index in [1.807, 2.05) is 4.90 Å². The van der Waals surface area contributed by atoms with E-state index < -0.39 is 6.10 Å². The van der Waals surface area contributed by atoms with Gasteiger partial charge in [-0.25, -0.2) is 9.78 Å². The summed E-state index contributed by atoms with van der Waals surface area (Å²) >= 11 is 0. The molecule has 234 valence electrons. The molecule has 9 heteroatoms. The number of aliphatic hydroxyl groups is 1. The monoisotopic (exact) mass is 575 g/mol. The van der Waals surface area contributed by atoms with Crippen LogP contribution in [0.15, 0.2) is 15.9 Å². The normalized spacial score (nSPS) is 12.3. The first-order valence-corrected chi connectivity index (χ1v) is 16.3. The number of carbonyl (C=O) groups is 1. The van der Waals surface area contributed by atoms with Gasteiger partial charge in [0.2, 0.25) is 5.91 Å². The molecule has 0 aromatic carbocycles. The van der Waals surface area contributed by atoms with E-state index in [-0.39, 0.29) is 17.2 Å². The number of unbranched alkanes of at least 4 members (excludes halogenated alkanes) is 15. The van der Waals surface area contributed by atoms with Crippen molar-refractivity contribution < 1.29 is 9.90 Å². The number of hydrogen-bond acceptors (Lipinski definition) is 5. The molecule has 41 heavy (non-hydrogen) atoms. The van der Waals surface area contributed by atoms with Crippen LogP contribution in [0.4, 0.5) is 0 Å². The van der Waals surface area contributed by atoms with Gasteiger partial charge in [0.1, 0.15) is 0 Å². The molecule has 2 aromatic rings. The van der Waals surface area contributed by atoms with Crippen molar-refractivity contribution in [1.82, 2.24) is 23.6 Å². The minimum Gasteiger partial charge on any atom is -0.391 e. The van der Waals surface area contributed by atoms with E-state index in [0.717, 1.165) is 70.8 Å². The number of imidazole rings is 1. The molecule has 0 saturated heterocycles. The lowest BCUT2D eigenvalue weighted by Gasteiger charge is -2.24. The third-order valence-electron chi connectivity index (χ3n) is 8.28. The fourth-order valence-electron chi connectivity index (χ4n) is 5.64. The van der Waals surface area contributed by atoms with Gasteiger partial charge in [-0.15, -0.1) is 0 Å². The van der Waals surface area contributed by atoms with Crippen molar-refractivity contribution in [3.05, 3.63) is 27.2 Å². The first-order chi connectivity index (χ1) is 19.8. The van der Waals surface area contributed by atoms with Crippen LogP contribution in [0.1, 0.15) is 129 Å². The minimum atomic E-state index is -0.459. The average Bonchev–Trinajstić information content (AvgIpc) is 3.34. The van der Waals surface area contributed by atoms with E-state index in [2.05, 4.69) is 11.9 Å². The van der Waals surface area contributed by atoms with E-state index >= 15 is 0 Å². The second-order valence-corrected chi connectivity index (χ2v) is 11.9. The Bertz CT molecular complexity index is 1140. The number of nitrogens with zero attached hydrogens (tertiary/aromatic N) is 5. The van der Waals surface area contributed by atoms with Crippen molar-refractivity contribution >= 4 is 17.1 Å². The zero-order chi connectivity index (χ0) is 30.0. The predicted octanol–water partition coefficient (Wildman–Crippen LogP) is 5.68. The lowest BCUT2D eigenvalue weighted by molar-refractivity contribution is -0.130. The summed E-state index contributed by atoms with van der Waals surface area (Å²) in [5.74, 6) is 0.0559. The molecule has 0 saturated carbocycles. The van der Waals surface area contributed by atoms with Crippen molar-refractivity contribution in [2.24, 2.45) is 14.1 Å². The van der Waals surface area contributed by atoms with Gasteiger partial charge < -0.3 is 14.6 Å². The van der Waals surface area contributed by atoms with Crippen LogP contribution in [0, 0.1) is 0 Å². The Morgan fingerprint density at radius 1 is 0.854 bits per heavy atom. The Morgan fingerprint density at radius 2 is 1.39 bits per heavy atom. The highest BCUT2D eigenvalue weighted by Crippen LogP contribution is 2.13. The molecule has 0 aliphatic rings. The maximum atomic E-state index is 12.8. The van der Waals surface area contributed by atoms with Crippen molar-refractivity contribution in [3.8, 4) is 0 Å². The van der Waals surface area contributed by atoms with Gasteiger partial charge in [0.15, 0.2) is 11.2 Å². The fraction of sp³-hybridized carbons (Fsp3) is 0.812. The molecule has 0 radical (unpaired) electrons. The molecule has 2 rings (SSSR count). The summed E-state index contributed by atoms with van der Waals surface area (Å²) in [6, 6.07) is 0. The molecule has 0 aliphatic carbocycles. The van der Waals surface area contributed by atoms with E-state index in [4.69, 9.17) is 0 Å². The molecule has 2 heterocycles. The molecule has 2 aromatic heterocycles. The Morgan fingerprint density at radius 3 is 1.98 bits per heavy atom. The Balaban J connectivity index is 1.52. The van der Waals surface area contributed by atoms with Crippen molar-refractivity contribution in [1.29, 1.82) is 0 Å². The summed E-state index contributed by atoms with van der Waals surface area (Å²) in [6.45, 7) is 5.47. The maximum absolute atomic E-state index is 12.8. The molecule has 0 fully saturated rings. The second kappa shape index (κ2) is 19.7. The van der Waals surface area contributed by atoms with Crippen LogP contribution in [-0.2, 0) is 25.4 Å². The molecule has 1 amide bonds. The number of carbonyl (C=O) groups excluding carboxylic acids is 1. The van der Waals surface area contributed by atoms with Crippen LogP contribution in [0.3, 0.4) is 0 Å². The standard InChI is InChI=1S/C32H57N5O4/c1-5-6-7-8-9-10-11-14-17-20-23-36(27(2)38)25-28(39)22-19-16-13-12-15-18-21-24-37-31(40)29-30(33-26-34(29)3)35(4)32(37)41/h26,28,39H,5-25H2,1-4H3. The van der Waals surface area contributed by atoms with Gasteiger partial charge in [0.05, 0.1) is 12.4 Å². The van der Waals surface area contributed by atoms with Crippen LogP contribution in [0.2, 0.25) is 0 Å². The highest BCUT2D eigenvalue weighted by atomic mass is 16.3. The van der Waals surface area contributed by atoms with Crippen LogP contribution < -0.4 is 11.2 Å². The average molecular weight is 576 g/mol. The first kappa shape index (κ1) is 34.8. The number of aliphatic hydroxyl groups excluding tert-OH is 1. The molecular formula is C32H57N5O4. The molecule has 1 N–H and O–H groups in total. The second-order valence-electron chi connectivity index (χ2n) is 11.9. The highest BCUT2D eigenvalue weighted by Gasteiger charge is 2.15. The summed E-state index contributed by atoms with van der Waals surface area (Å²) in [5.41, 5.74) is 0.298. The lowest BCUT2D eigenvalue weighted by atomic mass is 10.1. The molecule has 1 atom stereocenters. The Hall–Kier alpha value is -2.42. The minimum absolute atomic E-state index is 0.0559. The van der Waals surface area contributed by atoms with Crippen molar-refractivity contribution in [2.45, 2.75) is 142 Å². The highest BCUT2D eigenvalue weighted by molar-refractivity contribution is 5.73. The number of hydrogen-bond donors (Lipinski definition) is 1. The van der Waals surface area contributed by atoms with Crippen molar-refractivity contribution in [3.63, 3.8) is 0 Å². The van der Waals surface area contributed by atoms with Crippen LogP contribution in [-0.4, -0.2) is 53.8 Å². The maximum Gasteiger partial charge on any atom is 0.332 e. The van der Waals surface area contributed by atoms with Crippen LogP contribution in [0.25, 0.3) is 11.2 Å². The molecular weight excluding hydrogens is 518 g/mol. The van der Waals surface area contributed by atoms with E-state index in [0.29, 0.717) is 24.3 Å². The van der Waals surface area contributed by atoms with Gasteiger partial charge in [-0.3, -0.25) is 18.7 Å². The summed E-state index contributed by atoms with van der Waals surface area (Å²) in [4.78, 5) is 43.4. The van der Waals surface area contributed by atoms with Gasteiger partial charge in [-0.1, -0.05) is 103 Å². The van der Waals surface area contributed by atoms with Gasteiger partial charge in [0, 0.05) is 40.7 Å². The zero-order valence-electron chi connectivity index (χ0n) is 26.4. The van der Waals surface area contributed by atoms with Crippen LogP contribution >= 0.6 is 0 Å². The molecule has 9 nitrogen and oxygen atoms in total. The van der Waals surface area contributed by atoms with Gasteiger partial charge >= 0.3 is 5.69 Å². The predicted molar refractivity (Wildman–Crippen MR) is 167 cm³/mol. The summed E-state index contributed by atoms with van der Waals surface area (Å²) in [7, 11) is 3.42. The smallest absolute Gasteiger partial charge is 0.332 e. The molecule has 0 aliphatic heterocycles. The topological polar surface area (TPSA) is 102 Å². The zero-order valence-corrected chi connectivity index (χ0v) is 26.4. The number of aromatic nitrogens is 4. The number of fused-ring (bicyclic) bond motifs is 1. The van der Waals surface area contributed by atoms with Gasteiger partial charge in [-0.05, 0) is 19.3 Å². The van der Waals surface area contributed by atoms with Crippen LogP contribution in [0.5, 0.6) is 0 Å². The SMILES string of the molecule is CCCCCCCCCCCCN(CC(O)CCCCCCCCCn1c(=O)c2c(ncn2C)n(C)c1=O)C(C)=O. The first-order valence-electron chi connectivity index (χ1n) is 16.3. The number of aryl methyl sites for hydroxylation is 2. The fourth-order valence-corrected chi connectivity index (χ4v) is 5.64. The Labute approximate surface area is 247 Å². The molecule has 0 bridgehead atoms. The Kier molecular flexibility index (Phi) is 16.7. The van der Waals surface area contributed by atoms with E-state index in [9.17, 15) is 19.5 Å². The third-order valence-corrected chi connectivity index (χ3v) is 8.28. The quantitative estimate of drug-likeness (QED) is 0.172. The third kappa shape index (κ3) is 12.1. The van der Waals surface area contributed by atoms with E-state index in [1.165, 1.54) is 60.5 Å². The largest absolute Gasteiger partial charge is 0.391 e. The number of rotatable bonds is 23. The molecule has 1 unspecified atom stereocenters. The summed E-state index contributed by atoms with van der Waals surface area (Å²) < 4.78 is 4.44. The number of amides is 1.